The minimum absolute atomic E-state index is 0.0590. The lowest BCUT2D eigenvalue weighted by Crippen LogP contribution is -2.53. The van der Waals surface area contributed by atoms with Crippen LogP contribution >= 0.6 is 0 Å². The molecule has 1 aromatic heterocycles. The molecule has 24 heavy (non-hydrogen) atoms. The number of nitrogens with one attached hydrogen (secondary N) is 1. The summed E-state index contributed by atoms with van der Waals surface area (Å²) in [6.07, 6.45) is 4.04. The first-order chi connectivity index (χ1) is 11.6. The minimum atomic E-state index is -0.0590. The number of likely N-dealkylation sites (tertiary alicyclic amines) is 1. The van der Waals surface area contributed by atoms with Crippen molar-refractivity contribution in [2.24, 2.45) is 5.92 Å². The van der Waals surface area contributed by atoms with Gasteiger partial charge in [-0.25, -0.2) is 14.8 Å². The second kappa shape index (κ2) is 5.89. The first-order valence-electron chi connectivity index (χ1n) is 8.59. The SMILES string of the molecule is Cc1ncc(NC(=O)N2C[C@@H](C)[C@H]2c2ccccc2)c(C2CC2)n1. The van der Waals surface area contributed by atoms with Crippen LogP contribution in [0.2, 0.25) is 0 Å². The normalized spacial score (nSPS) is 22.8. The Labute approximate surface area is 142 Å². The van der Waals surface area contributed by atoms with Crippen LogP contribution in [0.1, 0.15) is 48.8 Å². The summed E-state index contributed by atoms with van der Waals surface area (Å²) in [5.41, 5.74) is 2.94. The largest absolute Gasteiger partial charge is 0.322 e. The van der Waals surface area contributed by atoms with Crippen molar-refractivity contribution >= 4 is 11.7 Å². The van der Waals surface area contributed by atoms with Crippen molar-refractivity contribution in [3.8, 4) is 0 Å². The number of aryl methyl sites for hydroxylation is 1. The van der Waals surface area contributed by atoms with Crippen molar-refractivity contribution in [1.29, 1.82) is 0 Å². The number of benzene rings is 1. The van der Waals surface area contributed by atoms with Gasteiger partial charge in [0, 0.05) is 12.5 Å². The zero-order chi connectivity index (χ0) is 16.7. The molecule has 2 atom stereocenters. The Morgan fingerprint density at radius 2 is 2.00 bits per heavy atom. The quantitative estimate of drug-likeness (QED) is 0.932. The molecule has 2 amide bonds. The van der Waals surface area contributed by atoms with Crippen molar-refractivity contribution < 1.29 is 4.79 Å². The number of amides is 2. The van der Waals surface area contributed by atoms with E-state index in [0.29, 0.717) is 11.8 Å². The fourth-order valence-corrected chi connectivity index (χ4v) is 3.50. The number of hydrogen-bond acceptors (Lipinski definition) is 3. The second-order valence-corrected chi connectivity index (χ2v) is 6.91. The van der Waals surface area contributed by atoms with Crippen molar-refractivity contribution in [1.82, 2.24) is 14.9 Å². The number of urea groups is 1. The van der Waals surface area contributed by atoms with Crippen LogP contribution in [0.15, 0.2) is 36.5 Å². The summed E-state index contributed by atoms with van der Waals surface area (Å²) >= 11 is 0. The Hall–Kier alpha value is -2.43. The standard InChI is InChI=1S/C19H22N4O/c1-12-11-23(18(12)15-6-4-3-5-7-15)19(24)22-16-10-20-13(2)21-17(16)14-8-9-14/h3-7,10,12,14,18H,8-9,11H2,1-2H3,(H,22,24)/t12-,18+/m1/s1. The highest BCUT2D eigenvalue weighted by molar-refractivity contribution is 5.90. The molecule has 5 nitrogen and oxygen atoms in total. The van der Waals surface area contributed by atoms with Gasteiger partial charge >= 0.3 is 6.03 Å². The molecule has 0 spiro atoms. The van der Waals surface area contributed by atoms with E-state index < -0.39 is 0 Å². The van der Waals surface area contributed by atoms with Gasteiger partial charge in [-0.15, -0.1) is 0 Å². The van der Waals surface area contributed by atoms with E-state index in [9.17, 15) is 4.79 Å². The predicted octanol–water partition coefficient (Wildman–Crippen LogP) is 3.89. The van der Waals surface area contributed by atoms with Crippen LogP contribution in [0.5, 0.6) is 0 Å². The van der Waals surface area contributed by atoms with Gasteiger partial charge in [0.2, 0.25) is 0 Å². The summed E-state index contributed by atoms with van der Waals surface area (Å²) in [5.74, 6) is 1.70. The van der Waals surface area contributed by atoms with Crippen molar-refractivity contribution in [3.63, 3.8) is 0 Å². The van der Waals surface area contributed by atoms with Gasteiger partial charge in [0.1, 0.15) is 5.82 Å². The fourth-order valence-electron chi connectivity index (χ4n) is 3.50. The van der Waals surface area contributed by atoms with Gasteiger partial charge in [-0.1, -0.05) is 37.3 Å². The molecule has 0 unspecified atom stereocenters. The van der Waals surface area contributed by atoms with Crippen LogP contribution in [0.25, 0.3) is 0 Å². The average molecular weight is 322 g/mol. The van der Waals surface area contributed by atoms with E-state index in [-0.39, 0.29) is 12.1 Å². The van der Waals surface area contributed by atoms with Gasteiger partial charge in [-0.3, -0.25) is 0 Å². The maximum absolute atomic E-state index is 12.8. The number of nitrogens with zero attached hydrogens (tertiary/aromatic N) is 3. The highest BCUT2D eigenvalue weighted by Crippen LogP contribution is 2.43. The molecular formula is C19H22N4O. The molecule has 2 aliphatic rings. The zero-order valence-electron chi connectivity index (χ0n) is 14.1. The fraction of sp³-hybridized carbons (Fsp3) is 0.421. The molecule has 5 heteroatoms. The monoisotopic (exact) mass is 322 g/mol. The lowest BCUT2D eigenvalue weighted by atomic mass is 9.85. The summed E-state index contributed by atoms with van der Waals surface area (Å²) in [5, 5.41) is 3.04. The van der Waals surface area contributed by atoms with E-state index in [1.807, 2.05) is 30.0 Å². The zero-order valence-corrected chi connectivity index (χ0v) is 14.1. The van der Waals surface area contributed by atoms with Gasteiger partial charge in [0.05, 0.1) is 23.6 Å². The number of carbonyl (C=O) groups is 1. The topological polar surface area (TPSA) is 58.1 Å². The van der Waals surface area contributed by atoms with Crippen molar-refractivity contribution in [2.45, 2.75) is 38.6 Å². The van der Waals surface area contributed by atoms with Crippen LogP contribution in [-0.2, 0) is 0 Å². The molecule has 2 heterocycles. The maximum atomic E-state index is 12.8. The van der Waals surface area contributed by atoms with Gasteiger partial charge in [-0.05, 0) is 31.2 Å². The molecule has 1 aliphatic carbocycles. The molecule has 0 radical (unpaired) electrons. The predicted molar refractivity (Wildman–Crippen MR) is 92.8 cm³/mol. The third-order valence-corrected chi connectivity index (χ3v) is 4.91. The van der Waals surface area contributed by atoms with Gasteiger partial charge in [-0.2, -0.15) is 0 Å². The lowest BCUT2D eigenvalue weighted by Gasteiger charge is -2.46. The lowest BCUT2D eigenvalue weighted by molar-refractivity contribution is 0.0670. The van der Waals surface area contributed by atoms with Gasteiger partial charge < -0.3 is 10.2 Å². The summed E-state index contributed by atoms with van der Waals surface area (Å²) in [7, 11) is 0. The summed E-state index contributed by atoms with van der Waals surface area (Å²) in [6, 6.07) is 10.3. The highest BCUT2D eigenvalue weighted by Gasteiger charge is 2.40. The van der Waals surface area contributed by atoms with E-state index in [0.717, 1.165) is 36.6 Å². The van der Waals surface area contributed by atoms with Gasteiger partial charge in [0.15, 0.2) is 0 Å². The molecule has 2 fully saturated rings. The molecule has 4 rings (SSSR count). The Kier molecular flexibility index (Phi) is 3.71. The summed E-state index contributed by atoms with van der Waals surface area (Å²) in [6.45, 7) is 4.85. The molecule has 1 aromatic carbocycles. The van der Waals surface area contributed by atoms with E-state index in [2.05, 4.69) is 34.3 Å². The van der Waals surface area contributed by atoms with Crippen LogP contribution in [-0.4, -0.2) is 27.4 Å². The summed E-state index contributed by atoms with van der Waals surface area (Å²) in [4.78, 5) is 23.5. The highest BCUT2D eigenvalue weighted by atomic mass is 16.2. The molecule has 124 valence electrons. The number of aromatic nitrogens is 2. The molecular weight excluding hydrogens is 300 g/mol. The Balaban J connectivity index is 1.53. The first-order valence-corrected chi connectivity index (χ1v) is 8.59. The number of carbonyl (C=O) groups excluding carboxylic acids is 1. The van der Waals surface area contributed by atoms with E-state index >= 15 is 0 Å². The Morgan fingerprint density at radius 1 is 1.25 bits per heavy atom. The second-order valence-electron chi connectivity index (χ2n) is 6.91. The molecule has 1 N–H and O–H groups in total. The maximum Gasteiger partial charge on any atom is 0.322 e. The minimum Gasteiger partial charge on any atom is -0.317 e. The van der Waals surface area contributed by atoms with Crippen LogP contribution in [0.3, 0.4) is 0 Å². The van der Waals surface area contributed by atoms with Crippen molar-refractivity contribution in [2.75, 3.05) is 11.9 Å². The van der Waals surface area contributed by atoms with E-state index in [1.54, 1.807) is 6.20 Å². The molecule has 1 saturated heterocycles. The summed E-state index contributed by atoms with van der Waals surface area (Å²) < 4.78 is 0. The van der Waals surface area contributed by atoms with Crippen molar-refractivity contribution in [3.05, 3.63) is 53.6 Å². The third kappa shape index (κ3) is 2.75. The smallest absolute Gasteiger partial charge is 0.317 e. The van der Waals surface area contributed by atoms with E-state index in [4.69, 9.17) is 0 Å². The number of hydrogen-bond donors (Lipinski definition) is 1. The number of anilines is 1. The Morgan fingerprint density at radius 3 is 2.67 bits per heavy atom. The Bertz CT molecular complexity index is 757. The molecule has 2 aromatic rings. The first kappa shape index (κ1) is 15.1. The van der Waals surface area contributed by atoms with Crippen LogP contribution in [0, 0.1) is 12.8 Å². The molecule has 1 aliphatic heterocycles. The van der Waals surface area contributed by atoms with Crippen LogP contribution < -0.4 is 5.32 Å². The average Bonchev–Trinajstić information content (AvgIpc) is 3.40. The van der Waals surface area contributed by atoms with Gasteiger partial charge in [0.25, 0.3) is 0 Å². The molecule has 1 saturated carbocycles. The van der Waals surface area contributed by atoms with E-state index in [1.165, 1.54) is 5.56 Å². The number of rotatable bonds is 3. The molecule has 0 bridgehead atoms. The third-order valence-electron chi connectivity index (χ3n) is 4.91. The van der Waals surface area contributed by atoms with Crippen LogP contribution in [0.4, 0.5) is 10.5 Å².